The molecule has 2 nitrogen and oxygen atoms in total. The van der Waals surface area contributed by atoms with E-state index < -0.39 is 0 Å². The lowest BCUT2D eigenvalue weighted by atomic mass is 9.96. The predicted octanol–water partition coefficient (Wildman–Crippen LogP) is 4.36. The smallest absolute Gasteiger partial charge is 0.127 e. The summed E-state index contributed by atoms with van der Waals surface area (Å²) in [5.74, 6) is -0.161. The summed E-state index contributed by atoms with van der Waals surface area (Å²) >= 11 is 1.67. The van der Waals surface area contributed by atoms with Crippen LogP contribution in [0.15, 0.2) is 41.1 Å². The first-order valence-corrected chi connectivity index (χ1v) is 8.24. The fraction of sp³-hybridized carbons (Fsp3) is 0.412. The van der Waals surface area contributed by atoms with Crippen molar-refractivity contribution in [2.75, 3.05) is 7.05 Å². The summed E-state index contributed by atoms with van der Waals surface area (Å²) in [5.41, 5.74) is 8.25. The molecule has 1 aromatic heterocycles. The summed E-state index contributed by atoms with van der Waals surface area (Å²) in [7, 11) is 2.02. The molecule has 0 radical (unpaired) electrons. The highest BCUT2D eigenvalue weighted by Crippen LogP contribution is 2.33. The van der Waals surface area contributed by atoms with Crippen molar-refractivity contribution in [3.05, 3.63) is 58.0 Å². The Morgan fingerprint density at radius 1 is 1.29 bits per heavy atom. The first-order valence-electron chi connectivity index (χ1n) is 7.30. The van der Waals surface area contributed by atoms with E-state index in [-0.39, 0.29) is 23.9 Å². The molecule has 0 aliphatic carbocycles. The molecule has 21 heavy (non-hydrogen) atoms. The molecule has 0 aliphatic rings. The van der Waals surface area contributed by atoms with Crippen molar-refractivity contribution in [2.24, 2.45) is 5.73 Å². The van der Waals surface area contributed by atoms with Crippen LogP contribution in [-0.4, -0.2) is 18.0 Å². The molecule has 0 spiro atoms. The van der Waals surface area contributed by atoms with E-state index in [1.165, 1.54) is 11.6 Å². The first-order chi connectivity index (χ1) is 10.1. The Hall–Kier alpha value is -1.23. The van der Waals surface area contributed by atoms with Crippen LogP contribution in [0, 0.1) is 5.82 Å². The quantitative estimate of drug-likeness (QED) is 0.859. The average molecular weight is 306 g/mol. The van der Waals surface area contributed by atoms with Gasteiger partial charge in [-0.2, -0.15) is 11.3 Å². The Morgan fingerprint density at radius 2 is 2.00 bits per heavy atom. The van der Waals surface area contributed by atoms with Gasteiger partial charge in [0.05, 0.1) is 6.04 Å². The van der Waals surface area contributed by atoms with E-state index in [4.69, 9.17) is 5.73 Å². The van der Waals surface area contributed by atoms with Crippen molar-refractivity contribution in [3.8, 4) is 0 Å². The van der Waals surface area contributed by atoms with Gasteiger partial charge in [0.15, 0.2) is 0 Å². The number of hydrogen-bond donors (Lipinski definition) is 1. The Labute approximate surface area is 130 Å². The van der Waals surface area contributed by atoms with Gasteiger partial charge >= 0.3 is 0 Å². The molecule has 3 unspecified atom stereocenters. The van der Waals surface area contributed by atoms with Crippen molar-refractivity contribution >= 4 is 11.3 Å². The van der Waals surface area contributed by atoms with Gasteiger partial charge in [0.1, 0.15) is 5.82 Å². The zero-order valence-electron chi connectivity index (χ0n) is 12.8. The predicted molar refractivity (Wildman–Crippen MR) is 87.9 cm³/mol. The van der Waals surface area contributed by atoms with Crippen LogP contribution in [0.5, 0.6) is 0 Å². The van der Waals surface area contributed by atoms with Gasteiger partial charge in [-0.25, -0.2) is 4.39 Å². The molecule has 0 amide bonds. The molecule has 0 saturated heterocycles. The monoisotopic (exact) mass is 306 g/mol. The molecular weight excluding hydrogens is 283 g/mol. The Bertz CT molecular complexity index is 556. The SMILES string of the molecule is CCC(N)C(c1ccsc1)N(C)C(C)c1ccccc1F. The summed E-state index contributed by atoms with van der Waals surface area (Å²) in [6.45, 7) is 4.12. The fourth-order valence-electron chi connectivity index (χ4n) is 2.73. The second-order valence-corrected chi connectivity index (χ2v) is 6.22. The van der Waals surface area contributed by atoms with E-state index in [0.29, 0.717) is 5.56 Å². The highest BCUT2D eigenvalue weighted by Gasteiger charge is 2.28. The Kier molecular flexibility index (Phi) is 5.51. The zero-order valence-corrected chi connectivity index (χ0v) is 13.6. The van der Waals surface area contributed by atoms with Crippen LogP contribution in [-0.2, 0) is 0 Å². The molecule has 2 aromatic rings. The maximum atomic E-state index is 14.0. The molecule has 2 N–H and O–H groups in total. The molecule has 1 heterocycles. The number of rotatable bonds is 6. The lowest BCUT2D eigenvalue weighted by Gasteiger charge is -2.36. The van der Waals surface area contributed by atoms with E-state index in [2.05, 4.69) is 28.7 Å². The van der Waals surface area contributed by atoms with Crippen molar-refractivity contribution in [3.63, 3.8) is 0 Å². The average Bonchev–Trinajstić information content (AvgIpc) is 3.00. The molecule has 114 valence electrons. The minimum atomic E-state index is -0.161. The third-order valence-corrected chi connectivity index (χ3v) is 4.87. The zero-order chi connectivity index (χ0) is 15.4. The normalized spacial score (nSPS) is 15.9. The van der Waals surface area contributed by atoms with E-state index in [9.17, 15) is 4.39 Å². The summed E-state index contributed by atoms with van der Waals surface area (Å²) in [4.78, 5) is 2.18. The van der Waals surface area contributed by atoms with Gasteiger partial charge in [-0.05, 0) is 48.8 Å². The number of benzene rings is 1. The van der Waals surface area contributed by atoms with Crippen LogP contribution in [0.3, 0.4) is 0 Å². The van der Waals surface area contributed by atoms with Crippen LogP contribution < -0.4 is 5.73 Å². The fourth-order valence-corrected chi connectivity index (χ4v) is 3.41. The van der Waals surface area contributed by atoms with Gasteiger partial charge in [-0.15, -0.1) is 0 Å². The number of nitrogens with zero attached hydrogens (tertiary/aromatic N) is 1. The largest absolute Gasteiger partial charge is 0.326 e. The number of halogens is 1. The van der Waals surface area contributed by atoms with E-state index >= 15 is 0 Å². The highest BCUT2D eigenvalue weighted by atomic mass is 32.1. The number of likely N-dealkylation sites (N-methyl/N-ethyl adjacent to an activating group) is 1. The lowest BCUT2D eigenvalue weighted by Crippen LogP contribution is -2.40. The molecule has 0 saturated carbocycles. The molecule has 1 aromatic carbocycles. The van der Waals surface area contributed by atoms with Crippen LogP contribution in [0.4, 0.5) is 4.39 Å². The number of thiophene rings is 1. The van der Waals surface area contributed by atoms with Crippen molar-refractivity contribution in [1.82, 2.24) is 4.90 Å². The topological polar surface area (TPSA) is 29.3 Å². The third-order valence-electron chi connectivity index (χ3n) is 4.17. The maximum Gasteiger partial charge on any atom is 0.127 e. The van der Waals surface area contributed by atoms with Gasteiger partial charge in [0.2, 0.25) is 0 Å². The van der Waals surface area contributed by atoms with Crippen LogP contribution >= 0.6 is 11.3 Å². The third kappa shape index (κ3) is 3.51. The summed E-state index contributed by atoms with van der Waals surface area (Å²) < 4.78 is 14.0. The molecule has 3 atom stereocenters. The molecule has 0 bridgehead atoms. The molecular formula is C17H23FN2S. The second kappa shape index (κ2) is 7.16. The Balaban J connectivity index is 2.30. The van der Waals surface area contributed by atoms with Crippen LogP contribution in [0.2, 0.25) is 0 Å². The van der Waals surface area contributed by atoms with E-state index in [1.807, 2.05) is 26.1 Å². The van der Waals surface area contributed by atoms with Gasteiger partial charge in [0, 0.05) is 17.6 Å². The van der Waals surface area contributed by atoms with Crippen molar-refractivity contribution in [1.29, 1.82) is 0 Å². The second-order valence-electron chi connectivity index (χ2n) is 5.44. The molecule has 0 aliphatic heterocycles. The van der Waals surface area contributed by atoms with Gasteiger partial charge in [-0.3, -0.25) is 4.90 Å². The highest BCUT2D eigenvalue weighted by molar-refractivity contribution is 7.07. The van der Waals surface area contributed by atoms with E-state index in [1.54, 1.807) is 17.4 Å². The maximum absolute atomic E-state index is 14.0. The standard InChI is InChI=1S/C17H23FN2S/c1-4-16(19)17(13-9-10-21-11-13)20(3)12(2)14-7-5-6-8-15(14)18/h5-12,16-17H,4,19H2,1-3H3. The summed E-state index contributed by atoms with van der Waals surface area (Å²) in [6, 6.07) is 9.15. The van der Waals surface area contributed by atoms with Crippen molar-refractivity contribution < 1.29 is 4.39 Å². The summed E-state index contributed by atoms with van der Waals surface area (Å²) in [5, 5.41) is 4.19. The van der Waals surface area contributed by atoms with Crippen LogP contribution in [0.1, 0.15) is 43.5 Å². The molecule has 2 rings (SSSR count). The lowest BCUT2D eigenvalue weighted by molar-refractivity contribution is 0.156. The first kappa shape index (κ1) is 16.1. The van der Waals surface area contributed by atoms with Gasteiger partial charge < -0.3 is 5.73 Å². The van der Waals surface area contributed by atoms with E-state index in [0.717, 1.165) is 6.42 Å². The van der Waals surface area contributed by atoms with Gasteiger partial charge in [-0.1, -0.05) is 25.1 Å². The molecule has 4 heteroatoms. The minimum absolute atomic E-state index is 0.0267. The number of nitrogens with two attached hydrogens (primary N) is 1. The Morgan fingerprint density at radius 3 is 2.57 bits per heavy atom. The minimum Gasteiger partial charge on any atom is -0.326 e. The molecule has 0 fully saturated rings. The van der Waals surface area contributed by atoms with Crippen molar-refractivity contribution in [2.45, 2.75) is 38.4 Å². The van der Waals surface area contributed by atoms with Crippen LogP contribution in [0.25, 0.3) is 0 Å². The summed E-state index contributed by atoms with van der Waals surface area (Å²) in [6.07, 6.45) is 0.884. The number of hydrogen-bond acceptors (Lipinski definition) is 3. The van der Waals surface area contributed by atoms with Gasteiger partial charge in [0.25, 0.3) is 0 Å².